The van der Waals surface area contributed by atoms with Gasteiger partial charge in [-0.1, -0.05) is 18.2 Å². The monoisotopic (exact) mass is 347 g/mol. The van der Waals surface area contributed by atoms with E-state index in [9.17, 15) is 9.59 Å². The molecule has 1 fully saturated rings. The van der Waals surface area contributed by atoms with E-state index in [0.717, 1.165) is 12.1 Å². The molecule has 0 aromatic carbocycles. The second kappa shape index (κ2) is 7.58. The lowest BCUT2D eigenvalue weighted by atomic mass is 10.2. The molecule has 0 radical (unpaired) electrons. The average molecular weight is 347 g/mol. The molecular weight excluding hydrogens is 326 g/mol. The molecular formula is C16H21N5O4. The van der Waals surface area contributed by atoms with Gasteiger partial charge in [0.1, 0.15) is 6.61 Å². The van der Waals surface area contributed by atoms with E-state index in [1.807, 2.05) is 13.0 Å². The minimum Gasteiger partial charge on any atom is -0.373 e. The third-order valence-electron chi connectivity index (χ3n) is 3.89. The Morgan fingerprint density at radius 1 is 1.52 bits per heavy atom. The Bertz CT molecular complexity index is 698. The van der Waals surface area contributed by atoms with Gasteiger partial charge in [0.2, 0.25) is 5.78 Å². The first-order chi connectivity index (χ1) is 12.1. The third-order valence-corrected chi connectivity index (χ3v) is 3.89. The molecule has 1 aromatic heterocycles. The molecule has 1 aromatic rings. The number of ketones is 1. The first-order valence-corrected chi connectivity index (χ1v) is 8.20. The molecule has 2 bridgehead atoms. The number of amides is 2. The zero-order valence-corrected chi connectivity index (χ0v) is 14.1. The van der Waals surface area contributed by atoms with Crippen molar-refractivity contribution < 1.29 is 19.2 Å². The van der Waals surface area contributed by atoms with Crippen molar-refractivity contribution in [3.8, 4) is 0 Å². The van der Waals surface area contributed by atoms with Crippen molar-refractivity contribution in [2.24, 2.45) is 0 Å². The lowest BCUT2D eigenvalue weighted by Gasteiger charge is -2.20. The van der Waals surface area contributed by atoms with E-state index in [1.54, 1.807) is 17.2 Å². The number of urea groups is 1. The predicted octanol–water partition coefficient (Wildman–Crippen LogP) is 0.966. The molecule has 0 N–H and O–H groups in total. The maximum absolute atomic E-state index is 12.3. The molecule has 9 nitrogen and oxygen atoms in total. The Morgan fingerprint density at radius 2 is 2.36 bits per heavy atom. The molecule has 2 amide bonds. The second-order valence-electron chi connectivity index (χ2n) is 5.82. The number of carbonyl (C=O) groups excluding carboxylic acids is 2. The number of Topliss-reactive ketones (excluding diaryl/α,β-unsaturated/α-hetero) is 1. The third kappa shape index (κ3) is 3.62. The Balaban J connectivity index is 1.70. The Morgan fingerprint density at radius 3 is 3.12 bits per heavy atom. The van der Waals surface area contributed by atoms with Crippen LogP contribution < -0.4 is 0 Å². The van der Waals surface area contributed by atoms with E-state index in [-0.39, 0.29) is 36.8 Å². The largest absolute Gasteiger partial charge is 0.373 e. The van der Waals surface area contributed by atoms with Gasteiger partial charge >= 0.3 is 6.03 Å². The zero-order valence-electron chi connectivity index (χ0n) is 14.1. The van der Waals surface area contributed by atoms with Gasteiger partial charge in [0.15, 0.2) is 5.69 Å². The highest BCUT2D eigenvalue weighted by atomic mass is 16.7. The molecule has 1 atom stereocenters. The Hall–Kier alpha value is -2.52. The van der Waals surface area contributed by atoms with Gasteiger partial charge in [-0.25, -0.2) is 9.48 Å². The summed E-state index contributed by atoms with van der Waals surface area (Å²) in [5.74, 6) is -0.216. The molecule has 1 unspecified atom stereocenters. The van der Waals surface area contributed by atoms with Crippen molar-refractivity contribution in [2.75, 3.05) is 32.9 Å². The number of nitrogens with zero attached hydrogens (tertiary/aromatic N) is 5. The van der Waals surface area contributed by atoms with Crippen molar-refractivity contribution in [1.29, 1.82) is 0 Å². The average Bonchev–Trinajstić information content (AvgIpc) is 3.18. The summed E-state index contributed by atoms with van der Waals surface area (Å²) in [6.45, 7) is 7.28. The number of carbonyl (C=O) groups is 2. The van der Waals surface area contributed by atoms with E-state index in [0.29, 0.717) is 19.7 Å². The summed E-state index contributed by atoms with van der Waals surface area (Å²) in [4.78, 5) is 31.4. The zero-order chi connectivity index (χ0) is 17.8. The Kier molecular flexibility index (Phi) is 5.25. The number of fused-ring (bicyclic) bond motifs is 2. The van der Waals surface area contributed by atoms with E-state index in [4.69, 9.17) is 9.57 Å². The highest BCUT2D eigenvalue weighted by Crippen LogP contribution is 2.26. The van der Waals surface area contributed by atoms with Crippen LogP contribution in [0.15, 0.2) is 24.9 Å². The number of hydrogen-bond donors (Lipinski definition) is 0. The topological polar surface area (TPSA) is 89.8 Å². The number of ether oxygens (including phenoxy) is 1. The highest BCUT2D eigenvalue weighted by molar-refractivity contribution is 5.95. The molecule has 1 saturated heterocycles. The fourth-order valence-electron chi connectivity index (χ4n) is 2.73. The van der Waals surface area contributed by atoms with Gasteiger partial charge < -0.3 is 9.64 Å². The van der Waals surface area contributed by atoms with Gasteiger partial charge in [-0.2, -0.15) is 5.06 Å². The molecule has 25 heavy (non-hydrogen) atoms. The van der Waals surface area contributed by atoms with Crippen LogP contribution in [0.2, 0.25) is 0 Å². The summed E-state index contributed by atoms with van der Waals surface area (Å²) in [7, 11) is 0. The first kappa shape index (κ1) is 17.3. The number of rotatable bonds is 9. The van der Waals surface area contributed by atoms with Crippen LogP contribution in [0.5, 0.6) is 0 Å². The van der Waals surface area contributed by atoms with E-state index >= 15 is 0 Å². The van der Waals surface area contributed by atoms with Gasteiger partial charge in [0.05, 0.1) is 31.1 Å². The second-order valence-corrected chi connectivity index (χ2v) is 5.82. The van der Waals surface area contributed by atoms with Crippen LogP contribution in [0.1, 0.15) is 23.8 Å². The molecule has 0 saturated carbocycles. The van der Waals surface area contributed by atoms with Crippen LogP contribution in [0.25, 0.3) is 5.70 Å². The van der Waals surface area contributed by atoms with Crippen LogP contribution in [0.4, 0.5) is 4.79 Å². The highest BCUT2D eigenvalue weighted by Gasteiger charge is 2.41. The van der Waals surface area contributed by atoms with E-state index < -0.39 is 0 Å². The molecule has 2 aliphatic rings. The van der Waals surface area contributed by atoms with Gasteiger partial charge in [0.25, 0.3) is 0 Å². The van der Waals surface area contributed by atoms with Gasteiger partial charge in [-0.15, -0.1) is 11.7 Å². The standard InChI is InChI=1S/C16H21N5O4/c1-3-5-24-11-15(22)14-10-20(18-17-14)12-7-13-9-19(8-12)16(23)21(13)25-6-4-2/h4,7,10,13H,2-3,5-6,8-9,11H2,1H3. The maximum Gasteiger partial charge on any atom is 0.345 e. The van der Waals surface area contributed by atoms with Crippen molar-refractivity contribution in [3.05, 3.63) is 30.6 Å². The van der Waals surface area contributed by atoms with Crippen LogP contribution in [-0.4, -0.2) is 75.7 Å². The first-order valence-electron chi connectivity index (χ1n) is 8.20. The van der Waals surface area contributed by atoms with Crippen molar-refractivity contribution in [3.63, 3.8) is 0 Å². The molecule has 2 aliphatic heterocycles. The van der Waals surface area contributed by atoms with Crippen molar-refractivity contribution in [2.45, 2.75) is 19.4 Å². The van der Waals surface area contributed by atoms with Gasteiger partial charge in [-0.3, -0.25) is 9.63 Å². The van der Waals surface area contributed by atoms with Crippen LogP contribution in [0.3, 0.4) is 0 Å². The summed E-state index contributed by atoms with van der Waals surface area (Å²) >= 11 is 0. The van der Waals surface area contributed by atoms with E-state index in [2.05, 4.69) is 16.9 Å². The normalized spacial score (nSPS) is 19.3. The lowest BCUT2D eigenvalue weighted by molar-refractivity contribution is -0.107. The summed E-state index contributed by atoms with van der Waals surface area (Å²) in [6.07, 6.45) is 5.91. The molecule has 134 valence electrons. The summed E-state index contributed by atoms with van der Waals surface area (Å²) < 4.78 is 6.76. The quantitative estimate of drug-likeness (QED) is 0.376. The SMILES string of the molecule is C=CCON1C(=O)N2CC(n3cc(C(=O)COCCC)nn3)=CC1C2. The summed E-state index contributed by atoms with van der Waals surface area (Å²) in [5, 5.41) is 9.26. The van der Waals surface area contributed by atoms with Crippen LogP contribution >= 0.6 is 0 Å². The number of aromatic nitrogens is 3. The molecule has 0 spiro atoms. The van der Waals surface area contributed by atoms with Crippen LogP contribution in [-0.2, 0) is 9.57 Å². The predicted molar refractivity (Wildman–Crippen MR) is 88.5 cm³/mol. The minimum absolute atomic E-state index is 0.0119. The Labute approximate surface area is 145 Å². The van der Waals surface area contributed by atoms with Gasteiger partial charge in [-0.05, 0) is 12.5 Å². The molecule has 9 heteroatoms. The van der Waals surface area contributed by atoms with Gasteiger partial charge in [0, 0.05) is 13.2 Å². The fourth-order valence-corrected chi connectivity index (χ4v) is 2.73. The van der Waals surface area contributed by atoms with Crippen LogP contribution in [0, 0.1) is 0 Å². The molecule has 3 rings (SSSR count). The summed E-state index contributed by atoms with van der Waals surface area (Å²) in [6, 6.07) is -0.394. The minimum atomic E-state index is -0.216. The lowest BCUT2D eigenvalue weighted by Crippen LogP contribution is -2.33. The number of hydrogen-bond acceptors (Lipinski definition) is 6. The molecule has 3 heterocycles. The molecule has 0 aliphatic carbocycles. The van der Waals surface area contributed by atoms with Crippen molar-refractivity contribution >= 4 is 17.5 Å². The van der Waals surface area contributed by atoms with Crippen molar-refractivity contribution in [1.82, 2.24) is 25.0 Å². The number of hydroxylamine groups is 2. The smallest absolute Gasteiger partial charge is 0.345 e. The maximum atomic E-state index is 12.3. The van der Waals surface area contributed by atoms with E-state index in [1.165, 1.54) is 9.75 Å². The fraction of sp³-hybridized carbons (Fsp3) is 0.500. The summed E-state index contributed by atoms with van der Waals surface area (Å²) in [5.41, 5.74) is 1.02.